The second kappa shape index (κ2) is 10.7. The van der Waals surface area contributed by atoms with E-state index in [1.54, 1.807) is 0 Å². The maximum atomic E-state index is 12.2. The first kappa shape index (κ1) is 23.4. The van der Waals surface area contributed by atoms with E-state index in [1.165, 1.54) is 18.6 Å². The molecule has 2 aromatic rings. The standard InChI is InChI=1S/C15H23F2NO.C5H5N3O/c1-10-6-12(8-18-15(3,4)5)7-11(2)14(10)19-9-13(16)17;6-5(9)4-3-7-1-2-8-4/h6-7,13,18H,8-9H2,1-5H3;1-3H,(H2,6,9). The summed E-state index contributed by atoms with van der Waals surface area (Å²) >= 11 is 0. The van der Waals surface area contributed by atoms with Crippen LogP contribution < -0.4 is 15.8 Å². The highest BCUT2D eigenvalue weighted by atomic mass is 19.3. The molecule has 2 rings (SSSR count). The highest BCUT2D eigenvalue weighted by Crippen LogP contribution is 2.25. The van der Waals surface area contributed by atoms with Gasteiger partial charge in [0.05, 0.1) is 6.20 Å². The van der Waals surface area contributed by atoms with Gasteiger partial charge in [-0.3, -0.25) is 9.78 Å². The number of ether oxygens (including phenoxy) is 1. The number of alkyl halides is 2. The number of hydrogen-bond acceptors (Lipinski definition) is 5. The van der Waals surface area contributed by atoms with Crippen LogP contribution in [0.2, 0.25) is 0 Å². The van der Waals surface area contributed by atoms with E-state index in [9.17, 15) is 13.6 Å². The normalized spacial score (nSPS) is 11.0. The second-order valence-electron chi connectivity index (χ2n) is 7.32. The minimum Gasteiger partial charge on any atom is -0.487 e. The van der Waals surface area contributed by atoms with Crippen molar-refractivity contribution >= 4 is 5.91 Å². The van der Waals surface area contributed by atoms with Gasteiger partial charge in [-0.05, 0) is 51.3 Å². The summed E-state index contributed by atoms with van der Waals surface area (Å²) in [5.74, 6) is 0.0166. The Morgan fingerprint density at radius 1 is 1.21 bits per heavy atom. The molecule has 0 saturated heterocycles. The van der Waals surface area contributed by atoms with Gasteiger partial charge in [0.15, 0.2) is 0 Å². The van der Waals surface area contributed by atoms with Crippen molar-refractivity contribution in [2.24, 2.45) is 5.73 Å². The maximum absolute atomic E-state index is 12.2. The Bertz CT molecular complexity index is 740. The van der Waals surface area contributed by atoms with Crippen LogP contribution in [0, 0.1) is 13.8 Å². The van der Waals surface area contributed by atoms with Crippen molar-refractivity contribution in [3.05, 3.63) is 53.1 Å². The fourth-order valence-electron chi connectivity index (χ4n) is 2.31. The number of nitrogens with zero attached hydrogens (tertiary/aromatic N) is 2. The number of hydrogen-bond donors (Lipinski definition) is 2. The number of carbonyl (C=O) groups excluding carboxylic acids is 1. The summed E-state index contributed by atoms with van der Waals surface area (Å²) in [4.78, 5) is 17.6. The van der Waals surface area contributed by atoms with Crippen LogP contribution in [-0.4, -0.2) is 34.4 Å². The average Bonchev–Trinajstić information content (AvgIpc) is 2.59. The lowest BCUT2D eigenvalue weighted by Gasteiger charge is -2.21. The fraction of sp³-hybridized carbons (Fsp3) is 0.450. The van der Waals surface area contributed by atoms with Gasteiger partial charge >= 0.3 is 0 Å². The number of aryl methyl sites for hydroxylation is 2. The fourth-order valence-corrected chi connectivity index (χ4v) is 2.31. The Kier molecular flexibility index (Phi) is 8.91. The Hall–Kier alpha value is -2.61. The zero-order chi connectivity index (χ0) is 21.3. The van der Waals surface area contributed by atoms with Crippen molar-refractivity contribution in [1.29, 1.82) is 0 Å². The van der Waals surface area contributed by atoms with Crippen LogP contribution in [0.15, 0.2) is 30.7 Å². The SMILES string of the molecule is Cc1cc(CNC(C)(C)C)cc(C)c1OCC(F)F.NC(=O)c1cnccn1. The van der Waals surface area contributed by atoms with Gasteiger partial charge in [-0.15, -0.1) is 0 Å². The minimum absolute atomic E-state index is 0.0483. The molecule has 0 aliphatic carbocycles. The Balaban J connectivity index is 0.000000362. The number of benzene rings is 1. The molecule has 28 heavy (non-hydrogen) atoms. The zero-order valence-electron chi connectivity index (χ0n) is 16.9. The molecule has 1 heterocycles. The lowest BCUT2D eigenvalue weighted by molar-refractivity contribution is 0.0812. The van der Waals surface area contributed by atoms with Gasteiger partial charge in [-0.2, -0.15) is 0 Å². The van der Waals surface area contributed by atoms with Crippen molar-refractivity contribution in [3.63, 3.8) is 0 Å². The average molecular weight is 394 g/mol. The Morgan fingerprint density at radius 3 is 2.21 bits per heavy atom. The van der Waals surface area contributed by atoms with Crippen LogP contribution in [0.4, 0.5) is 8.78 Å². The first-order valence-corrected chi connectivity index (χ1v) is 8.81. The van der Waals surface area contributed by atoms with E-state index < -0.39 is 18.9 Å². The lowest BCUT2D eigenvalue weighted by Crippen LogP contribution is -2.35. The number of rotatable bonds is 6. The molecule has 0 fully saturated rings. The van der Waals surface area contributed by atoms with Crippen LogP contribution in [0.25, 0.3) is 0 Å². The number of halogens is 2. The molecule has 1 aromatic carbocycles. The molecule has 6 nitrogen and oxygen atoms in total. The van der Waals surface area contributed by atoms with E-state index in [1.807, 2.05) is 26.0 Å². The molecule has 0 bridgehead atoms. The molecule has 0 saturated carbocycles. The summed E-state index contributed by atoms with van der Waals surface area (Å²) in [5, 5.41) is 3.40. The molecule has 0 radical (unpaired) electrons. The first-order chi connectivity index (χ1) is 13.0. The van der Waals surface area contributed by atoms with Gasteiger partial charge in [-0.25, -0.2) is 13.8 Å². The van der Waals surface area contributed by atoms with Crippen molar-refractivity contribution in [2.45, 2.75) is 53.1 Å². The summed E-state index contributed by atoms with van der Waals surface area (Å²) in [6.07, 6.45) is 1.77. The van der Waals surface area contributed by atoms with E-state index in [2.05, 4.69) is 36.1 Å². The number of nitrogens with one attached hydrogen (secondary N) is 1. The molecular weight excluding hydrogens is 366 g/mol. The van der Waals surface area contributed by atoms with Gasteiger partial charge in [-0.1, -0.05) is 12.1 Å². The number of aromatic nitrogens is 2. The third-order valence-corrected chi connectivity index (χ3v) is 3.51. The van der Waals surface area contributed by atoms with E-state index in [4.69, 9.17) is 10.5 Å². The molecule has 8 heteroatoms. The third kappa shape index (κ3) is 8.85. The molecule has 0 unspecified atom stereocenters. The Labute approximate surface area is 164 Å². The molecule has 3 N–H and O–H groups in total. The number of amides is 1. The maximum Gasteiger partial charge on any atom is 0.272 e. The molecule has 1 amide bonds. The molecule has 0 spiro atoms. The highest BCUT2D eigenvalue weighted by molar-refractivity contribution is 5.90. The van der Waals surface area contributed by atoms with E-state index in [-0.39, 0.29) is 11.2 Å². The summed E-state index contributed by atoms with van der Waals surface area (Å²) in [6, 6.07) is 3.96. The van der Waals surface area contributed by atoms with Crippen LogP contribution in [0.5, 0.6) is 5.75 Å². The van der Waals surface area contributed by atoms with Crippen LogP contribution in [0.3, 0.4) is 0 Å². The molecule has 0 aliphatic rings. The minimum atomic E-state index is -2.44. The molecule has 0 atom stereocenters. The van der Waals surface area contributed by atoms with Crippen molar-refractivity contribution in [3.8, 4) is 5.75 Å². The largest absolute Gasteiger partial charge is 0.487 e. The predicted molar refractivity (Wildman–Crippen MR) is 105 cm³/mol. The number of carbonyl (C=O) groups is 1. The molecule has 0 aliphatic heterocycles. The second-order valence-corrected chi connectivity index (χ2v) is 7.32. The smallest absolute Gasteiger partial charge is 0.272 e. The number of primary amides is 1. The summed E-state index contributed by atoms with van der Waals surface area (Å²) < 4.78 is 29.5. The third-order valence-electron chi connectivity index (χ3n) is 3.51. The van der Waals surface area contributed by atoms with E-state index in [0.717, 1.165) is 23.2 Å². The summed E-state index contributed by atoms with van der Waals surface area (Å²) in [7, 11) is 0. The van der Waals surface area contributed by atoms with Gasteiger partial charge in [0.25, 0.3) is 12.3 Å². The van der Waals surface area contributed by atoms with Gasteiger partial charge in [0.1, 0.15) is 18.1 Å². The molecular formula is C20H28F2N4O2. The Morgan fingerprint density at radius 2 is 1.82 bits per heavy atom. The van der Waals surface area contributed by atoms with Gasteiger partial charge < -0.3 is 15.8 Å². The molecule has 1 aromatic heterocycles. The lowest BCUT2D eigenvalue weighted by atomic mass is 10.0. The van der Waals surface area contributed by atoms with Gasteiger partial charge in [0, 0.05) is 24.5 Å². The summed E-state index contributed by atoms with van der Waals surface area (Å²) in [5.41, 5.74) is 8.04. The van der Waals surface area contributed by atoms with Crippen LogP contribution in [-0.2, 0) is 6.54 Å². The molecule has 154 valence electrons. The monoisotopic (exact) mass is 394 g/mol. The van der Waals surface area contributed by atoms with Crippen molar-refractivity contribution in [2.75, 3.05) is 6.61 Å². The van der Waals surface area contributed by atoms with Crippen LogP contribution in [0.1, 0.15) is 48.0 Å². The van der Waals surface area contributed by atoms with Crippen molar-refractivity contribution in [1.82, 2.24) is 15.3 Å². The van der Waals surface area contributed by atoms with E-state index >= 15 is 0 Å². The highest BCUT2D eigenvalue weighted by Gasteiger charge is 2.12. The predicted octanol–water partition coefficient (Wildman–Crippen LogP) is 3.41. The topological polar surface area (TPSA) is 90.1 Å². The summed E-state index contributed by atoms with van der Waals surface area (Å²) in [6.45, 7) is 10.3. The van der Waals surface area contributed by atoms with Crippen LogP contribution >= 0.6 is 0 Å². The van der Waals surface area contributed by atoms with Crippen molar-refractivity contribution < 1.29 is 18.3 Å². The number of nitrogens with two attached hydrogens (primary N) is 1. The van der Waals surface area contributed by atoms with E-state index in [0.29, 0.717) is 5.75 Å². The zero-order valence-corrected chi connectivity index (χ0v) is 16.9. The van der Waals surface area contributed by atoms with Gasteiger partial charge in [0.2, 0.25) is 0 Å². The quantitative estimate of drug-likeness (QED) is 0.784. The first-order valence-electron chi connectivity index (χ1n) is 8.81.